The number of hydrogen-bond acceptors (Lipinski definition) is 5. The van der Waals surface area contributed by atoms with Crippen molar-refractivity contribution in [3.05, 3.63) is 47.9 Å². The van der Waals surface area contributed by atoms with Crippen molar-refractivity contribution in [1.82, 2.24) is 9.97 Å². The average molecular weight is 260 g/mol. The average Bonchev–Trinajstić information content (AvgIpc) is 2.46. The van der Waals surface area contributed by atoms with Crippen LogP contribution in [0.5, 0.6) is 5.88 Å². The zero-order valence-corrected chi connectivity index (χ0v) is 10.9. The highest BCUT2D eigenvalue weighted by molar-refractivity contribution is 7.98. The Balaban J connectivity index is 2.48. The van der Waals surface area contributed by atoms with Gasteiger partial charge in [-0.3, -0.25) is 4.79 Å². The second-order valence-corrected chi connectivity index (χ2v) is 4.29. The summed E-state index contributed by atoms with van der Waals surface area (Å²) >= 11 is 1.52. The van der Waals surface area contributed by atoms with Crippen LogP contribution in [0.3, 0.4) is 0 Å². The summed E-state index contributed by atoms with van der Waals surface area (Å²) < 4.78 is 5.06. The van der Waals surface area contributed by atoms with Gasteiger partial charge in [0, 0.05) is 22.9 Å². The molecule has 0 fully saturated rings. The number of nitrogens with zero attached hydrogens (tertiary/aromatic N) is 2. The predicted octanol–water partition coefficient (Wildman–Crippen LogP) is 2.44. The van der Waals surface area contributed by atoms with Crippen molar-refractivity contribution in [3.63, 3.8) is 0 Å². The van der Waals surface area contributed by atoms with Gasteiger partial charge in [-0.1, -0.05) is 12.1 Å². The van der Waals surface area contributed by atoms with E-state index >= 15 is 0 Å². The van der Waals surface area contributed by atoms with E-state index in [-0.39, 0.29) is 17.4 Å². The first-order valence-corrected chi connectivity index (χ1v) is 6.53. The monoisotopic (exact) mass is 260 g/mol. The van der Waals surface area contributed by atoms with E-state index in [4.69, 9.17) is 4.74 Å². The van der Waals surface area contributed by atoms with Gasteiger partial charge >= 0.3 is 0 Å². The normalized spacial score (nSPS) is 10.1. The Kier molecular flexibility index (Phi) is 3.94. The van der Waals surface area contributed by atoms with Crippen molar-refractivity contribution in [2.45, 2.75) is 4.90 Å². The van der Waals surface area contributed by atoms with E-state index in [1.54, 1.807) is 6.07 Å². The maximum absolute atomic E-state index is 12.4. The molecule has 0 saturated heterocycles. The molecule has 0 saturated carbocycles. The van der Waals surface area contributed by atoms with Gasteiger partial charge in [0.05, 0.1) is 7.11 Å². The first-order valence-electron chi connectivity index (χ1n) is 5.30. The van der Waals surface area contributed by atoms with Gasteiger partial charge in [0.1, 0.15) is 0 Å². The molecule has 0 atom stereocenters. The van der Waals surface area contributed by atoms with Crippen molar-refractivity contribution in [2.75, 3.05) is 13.4 Å². The molecule has 0 unspecified atom stereocenters. The van der Waals surface area contributed by atoms with Gasteiger partial charge in [0.15, 0.2) is 5.69 Å². The Morgan fingerprint density at radius 1 is 1.22 bits per heavy atom. The number of carbonyl (C=O) groups excluding carboxylic acids is 1. The Hall–Kier alpha value is -1.88. The van der Waals surface area contributed by atoms with Crippen molar-refractivity contribution >= 4 is 17.5 Å². The highest BCUT2D eigenvalue weighted by Crippen LogP contribution is 2.24. The Morgan fingerprint density at radius 2 is 1.94 bits per heavy atom. The molecule has 4 nitrogen and oxygen atoms in total. The van der Waals surface area contributed by atoms with Crippen molar-refractivity contribution in [2.24, 2.45) is 0 Å². The fourth-order valence-electron chi connectivity index (χ4n) is 1.59. The van der Waals surface area contributed by atoms with Crippen LogP contribution in [0.2, 0.25) is 0 Å². The van der Waals surface area contributed by atoms with Gasteiger partial charge in [-0.2, -0.15) is 0 Å². The molecule has 0 aliphatic heterocycles. The van der Waals surface area contributed by atoms with Crippen LogP contribution in [0, 0.1) is 0 Å². The van der Waals surface area contributed by atoms with E-state index in [0.717, 1.165) is 4.90 Å². The second kappa shape index (κ2) is 5.64. The maximum atomic E-state index is 12.4. The number of carbonyl (C=O) groups is 1. The number of ether oxygens (including phenoxy) is 1. The molecule has 18 heavy (non-hydrogen) atoms. The summed E-state index contributed by atoms with van der Waals surface area (Å²) in [6, 6.07) is 7.41. The summed E-state index contributed by atoms with van der Waals surface area (Å²) in [5, 5.41) is 0. The fraction of sp³-hybridized carbons (Fsp3) is 0.154. The number of methoxy groups -OCH3 is 1. The lowest BCUT2D eigenvalue weighted by Gasteiger charge is -2.07. The van der Waals surface area contributed by atoms with Crippen LogP contribution in [0.4, 0.5) is 0 Å². The van der Waals surface area contributed by atoms with Gasteiger partial charge in [-0.05, 0) is 18.4 Å². The van der Waals surface area contributed by atoms with E-state index in [1.807, 2.05) is 24.5 Å². The van der Waals surface area contributed by atoms with Crippen LogP contribution < -0.4 is 4.74 Å². The largest absolute Gasteiger partial charge is 0.479 e. The Bertz CT molecular complexity index is 523. The van der Waals surface area contributed by atoms with Crippen molar-refractivity contribution in [3.8, 4) is 5.88 Å². The van der Waals surface area contributed by atoms with Crippen LogP contribution in [0.15, 0.2) is 41.6 Å². The van der Waals surface area contributed by atoms with E-state index in [2.05, 4.69) is 9.97 Å². The third kappa shape index (κ3) is 2.36. The number of thioether (sulfide) groups is 1. The molecule has 2 aromatic rings. The van der Waals surface area contributed by atoms with Gasteiger partial charge in [-0.25, -0.2) is 9.97 Å². The quantitative estimate of drug-likeness (QED) is 0.624. The third-order valence-electron chi connectivity index (χ3n) is 2.42. The molecule has 0 amide bonds. The standard InChI is InChI=1S/C13H12N2O2S/c1-17-13-11(14-7-8-15-13)12(16)9-5-3-4-6-10(9)18-2/h3-8H,1-2H3. The third-order valence-corrected chi connectivity index (χ3v) is 3.22. The van der Waals surface area contributed by atoms with Gasteiger partial charge in [0.25, 0.3) is 0 Å². The maximum Gasteiger partial charge on any atom is 0.243 e. The molecular formula is C13H12N2O2S. The van der Waals surface area contributed by atoms with Crippen LogP contribution in [0.1, 0.15) is 16.1 Å². The number of ketones is 1. The van der Waals surface area contributed by atoms with E-state index in [0.29, 0.717) is 5.56 Å². The van der Waals surface area contributed by atoms with Gasteiger partial charge in [-0.15, -0.1) is 11.8 Å². The number of aromatic nitrogens is 2. The molecule has 0 radical (unpaired) electrons. The number of benzene rings is 1. The lowest BCUT2D eigenvalue weighted by molar-refractivity contribution is 0.102. The van der Waals surface area contributed by atoms with Crippen LogP contribution in [-0.4, -0.2) is 29.1 Å². The molecule has 5 heteroatoms. The summed E-state index contributed by atoms with van der Waals surface area (Å²) in [6.45, 7) is 0. The molecule has 1 heterocycles. The first-order chi connectivity index (χ1) is 8.77. The number of hydrogen-bond donors (Lipinski definition) is 0. The molecule has 92 valence electrons. The number of rotatable bonds is 4. The summed E-state index contributed by atoms with van der Waals surface area (Å²) in [5.74, 6) is 0.0725. The molecule has 1 aromatic heterocycles. The second-order valence-electron chi connectivity index (χ2n) is 3.44. The molecule has 0 aliphatic carbocycles. The molecule has 0 aliphatic rings. The summed E-state index contributed by atoms with van der Waals surface area (Å²) in [6.07, 6.45) is 4.91. The lowest BCUT2D eigenvalue weighted by atomic mass is 10.1. The molecule has 0 bridgehead atoms. The zero-order valence-electron chi connectivity index (χ0n) is 10.1. The van der Waals surface area contributed by atoms with E-state index in [1.165, 1.54) is 31.3 Å². The van der Waals surface area contributed by atoms with Gasteiger partial charge in [0.2, 0.25) is 11.7 Å². The van der Waals surface area contributed by atoms with Crippen LogP contribution in [0.25, 0.3) is 0 Å². The molecule has 1 aromatic carbocycles. The smallest absolute Gasteiger partial charge is 0.243 e. The Morgan fingerprint density at radius 3 is 2.67 bits per heavy atom. The lowest BCUT2D eigenvalue weighted by Crippen LogP contribution is -2.08. The molecule has 2 rings (SSSR count). The summed E-state index contributed by atoms with van der Waals surface area (Å²) in [7, 11) is 1.47. The summed E-state index contributed by atoms with van der Waals surface area (Å²) in [4.78, 5) is 21.4. The Labute approximate surface area is 109 Å². The SMILES string of the molecule is COc1nccnc1C(=O)c1ccccc1SC. The highest BCUT2D eigenvalue weighted by Gasteiger charge is 2.19. The minimum Gasteiger partial charge on any atom is -0.479 e. The van der Waals surface area contributed by atoms with Gasteiger partial charge < -0.3 is 4.74 Å². The molecular weight excluding hydrogens is 248 g/mol. The van der Waals surface area contributed by atoms with E-state index < -0.39 is 0 Å². The molecule has 0 N–H and O–H groups in total. The van der Waals surface area contributed by atoms with Crippen LogP contribution in [-0.2, 0) is 0 Å². The summed E-state index contributed by atoms with van der Waals surface area (Å²) in [5.41, 5.74) is 0.852. The first kappa shape index (κ1) is 12.6. The minimum absolute atomic E-state index is 0.176. The highest BCUT2D eigenvalue weighted by atomic mass is 32.2. The molecule has 0 spiro atoms. The van der Waals surface area contributed by atoms with Crippen LogP contribution >= 0.6 is 11.8 Å². The minimum atomic E-state index is -0.176. The predicted molar refractivity (Wildman–Crippen MR) is 70.2 cm³/mol. The zero-order chi connectivity index (χ0) is 13.0. The fourth-order valence-corrected chi connectivity index (χ4v) is 2.19. The van der Waals surface area contributed by atoms with E-state index in [9.17, 15) is 4.79 Å². The topological polar surface area (TPSA) is 52.1 Å². The van der Waals surface area contributed by atoms with Crippen molar-refractivity contribution in [1.29, 1.82) is 0 Å². The van der Waals surface area contributed by atoms with Crippen molar-refractivity contribution < 1.29 is 9.53 Å².